The van der Waals surface area contributed by atoms with Crippen LogP contribution >= 0.6 is 23.2 Å². The number of piperazine rings is 1. The molecular formula is C25H31Cl2N3O4. The molecule has 1 aliphatic heterocycles. The van der Waals surface area contributed by atoms with Crippen molar-refractivity contribution in [2.24, 2.45) is 5.92 Å². The van der Waals surface area contributed by atoms with Gasteiger partial charge in [-0.05, 0) is 29.7 Å². The fourth-order valence-corrected chi connectivity index (χ4v) is 4.53. The Bertz CT molecular complexity index is 1010. The van der Waals surface area contributed by atoms with Crippen LogP contribution < -0.4 is 19.7 Å². The number of hydrogen-bond donors (Lipinski definition) is 1. The van der Waals surface area contributed by atoms with Crippen molar-refractivity contribution >= 4 is 40.7 Å². The van der Waals surface area contributed by atoms with Gasteiger partial charge in [0.15, 0.2) is 0 Å². The monoisotopic (exact) mass is 507 g/mol. The number of nitrogens with zero attached hydrogens (tertiary/aromatic N) is 2. The van der Waals surface area contributed by atoms with Crippen LogP contribution in [0.1, 0.15) is 19.4 Å². The molecule has 7 nitrogen and oxygen atoms in total. The van der Waals surface area contributed by atoms with Gasteiger partial charge in [-0.2, -0.15) is 0 Å². The van der Waals surface area contributed by atoms with E-state index in [1.165, 1.54) is 0 Å². The first kappa shape index (κ1) is 26.0. The van der Waals surface area contributed by atoms with Crippen molar-refractivity contribution in [3.05, 3.63) is 52.0 Å². The smallest absolute Gasteiger partial charge is 0.245 e. The lowest BCUT2D eigenvalue weighted by atomic mass is 10.0. The molecule has 0 spiro atoms. The van der Waals surface area contributed by atoms with E-state index in [0.717, 1.165) is 17.0 Å². The molecule has 1 heterocycles. The molecule has 0 aliphatic carbocycles. The number of carbonyl (C=O) groups is 2. The van der Waals surface area contributed by atoms with E-state index in [4.69, 9.17) is 32.7 Å². The molecule has 34 heavy (non-hydrogen) atoms. The summed E-state index contributed by atoms with van der Waals surface area (Å²) < 4.78 is 10.5. The van der Waals surface area contributed by atoms with Crippen LogP contribution in [0.25, 0.3) is 0 Å². The van der Waals surface area contributed by atoms with Gasteiger partial charge in [-0.3, -0.25) is 9.59 Å². The van der Waals surface area contributed by atoms with Crippen LogP contribution in [0.3, 0.4) is 0 Å². The largest absolute Gasteiger partial charge is 0.497 e. The van der Waals surface area contributed by atoms with Gasteiger partial charge in [0.05, 0.1) is 36.4 Å². The van der Waals surface area contributed by atoms with Gasteiger partial charge in [0.25, 0.3) is 0 Å². The van der Waals surface area contributed by atoms with Gasteiger partial charge < -0.3 is 24.6 Å². The van der Waals surface area contributed by atoms with Gasteiger partial charge in [-0.1, -0.05) is 49.2 Å². The molecule has 1 N–H and O–H groups in total. The molecule has 184 valence electrons. The molecule has 0 saturated carbocycles. The number of amides is 2. The van der Waals surface area contributed by atoms with Gasteiger partial charge in [-0.25, -0.2) is 0 Å². The number of carbonyl (C=O) groups excluding carboxylic acids is 2. The number of halogens is 2. The number of methoxy groups -OCH3 is 2. The summed E-state index contributed by atoms with van der Waals surface area (Å²) in [6.07, 6.45) is 0.200. The van der Waals surface area contributed by atoms with E-state index in [1.807, 2.05) is 44.2 Å². The number of benzene rings is 2. The molecule has 0 bridgehead atoms. The van der Waals surface area contributed by atoms with Gasteiger partial charge >= 0.3 is 0 Å². The molecule has 0 radical (unpaired) electrons. The third-order valence-corrected chi connectivity index (χ3v) is 6.52. The standard InChI is InChI=1S/C25H31Cl2N3O4/c1-16(2)24(28-23(31)13-17-5-7-18(33-3)8-6-17)25(32)30-11-9-29(10-12-30)21-15-22(34-4)20(27)14-19(21)26/h5-8,14-16,24H,9-13H2,1-4H3,(H,28,31)/t24-/m1/s1. The Morgan fingerprint density at radius 3 is 2.18 bits per heavy atom. The molecule has 2 aromatic rings. The Balaban J connectivity index is 1.60. The summed E-state index contributed by atoms with van der Waals surface area (Å²) >= 11 is 12.6. The molecule has 1 aliphatic rings. The average Bonchev–Trinajstić information content (AvgIpc) is 2.83. The minimum absolute atomic E-state index is 0.0414. The Kier molecular flexibility index (Phi) is 8.91. The van der Waals surface area contributed by atoms with Crippen LogP contribution in [0.4, 0.5) is 5.69 Å². The Morgan fingerprint density at radius 2 is 1.62 bits per heavy atom. The molecule has 0 unspecified atom stereocenters. The van der Waals surface area contributed by atoms with E-state index in [1.54, 1.807) is 25.2 Å². The third-order valence-electron chi connectivity index (χ3n) is 5.93. The van der Waals surface area contributed by atoms with Crippen molar-refractivity contribution in [3.8, 4) is 11.5 Å². The zero-order valence-electron chi connectivity index (χ0n) is 19.9. The normalized spacial score (nSPS) is 14.7. The first-order valence-electron chi connectivity index (χ1n) is 11.2. The van der Waals surface area contributed by atoms with Crippen molar-refractivity contribution in [2.75, 3.05) is 45.3 Å². The fourth-order valence-electron chi connectivity index (χ4n) is 3.95. The average molecular weight is 508 g/mol. The Hall–Kier alpha value is -2.64. The third kappa shape index (κ3) is 6.27. The lowest BCUT2D eigenvalue weighted by Crippen LogP contribution is -2.56. The van der Waals surface area contributed by atoms with Crippen LogP contribution in [-0.4, -0.2) is 63.2 Å². The van der Waals surface area contributed by atoms with Crippen molar-refractivity contribution in [1.82, 2.24) is 10.2 Å². The zero-order chi connectivity index (χ0) is 24.8. The molecule has 1 atom stereocenters. The predicted octanol–water partition coefficient (Wildman–Crippen LogP) is 4.04. The number of nitrogens with one attached hydrogen (secondary N) is 1. The second kappa shape index (κ2) is 11.7. The predicted molar refractivity (Wildman–Crippen MR) is 135 cm³/mol. The van der Waals surface area contributed by atoms with Crippen LogP contribution in [0, 0.1) is 5.92 Å². The van der Waals surface area contributed by atoms with Crippen molar-refractivity contribution in [1.29, 1.82) is 0 Å². The first-order valence-corrected chi connectivity index (χ1v) is 12.0. The van der Waals surface area contributed by atoms with Gasteiger partial charge in [0.2, 0.25) is 11.8 Å². The summed E-state index contributed by atoms with van der Waals surface area (Å²) in [4.78, 5) is 29.9. The highest BCUT2D eigenvalue weighted by Gasteiger charge is 2.31. The quantitative estimate of drug-likeness (QED) is 0.583. The maximum Gasteiger partial charge on any atom is 0.245 e. The Labute approximate surface area is 210 Å². The van der Waals surface area contributed by atoms with E-state index in [0.29, 0.717) is 42.0 Å². The van der Waals surface area contributed by atoms with E-state index < -0.39 is 6.04 Å². The highest BCUT2D eigenvalue weighted by molar-refractivity contribution is 6.37. The second-order valence-electron chi connectivity index (χ2n) is 8.56. The molecule has 9 heteroatoms. The molecule has 1 saturated heterocycles. The Morgan fingerprint density at radius 1 is 0.971 bits per heavy atom. The van der Waals surface area contributed by atoms with E-state index in [2.05, 4.69) is 10.2 Å². The summed E-state index contributed by atoms with van der Waals surface area (Å²) in [7, 11) is 3.16. The molecule has 3 rings (SSSR count). The molecule has 1 fully saturated rings. The minimum Gasteiger partial charge on any atom is -0.497 e. The second-order valence-corrected chi connectivity index (χ2v) is 9.38. The number of anilines is 1. The summed E-state index contributed by atoms with van der Waals surface area (Å²) in [5, 5.41) is 3.93. The van der Waals surface area contributed by atoms with E-state index >= 15 is 0 Å². The van der Waals surface area contributed by atoms with Crippen molar-refractivity contribution < 1.29 is 19.1 Å². The number of rotatable bonds is 8. The SMILES string of the molecule is COc1ccc(CC(=O)N[C@@H](C(=O)N2CCN(c3cc(OC)c(Cl)cc3Cl)CC2)C(C)C)cc1. The van der Waals surface area contributed by atoms with Crippen molar-refractivity contribution in [2.45, 2.75) is 26.3 Å². The van der Waals surface area contributed by atoms with Crippen LogP contribution in [-0.2, 0) is 16.0 Å². The van der Waals surface area contributed by atoms with Crippen molar-refractivity contribution in [3.63, 3.8) is 0 Å². The minimum atomic E-state index is -0.587. The first-order chi connectivity index (χ1) is 16.2. The summed E-state index contributed by atoms with van der Waals surface area (Å²) in [6.45, 7) is 6.15. The zero-order valence-corrected chi connectivity index (χ0v) is 21.4. The fraction of sp³-hybridized carbons (Fsp3) is 0.440. The summed E-state index contributed by atoms with van der Waals surface area (Å²) in [6, 6.07) is 10.2. The number of ether oxygens (including phenoxy) is 2. The van der Waals surface area contributed by atoms with E-state index in [-0.39, 0.29) is 24.2 Å². The highest BCUT2D eigenvalue weighted by Crippen LogP contribution is 2.36. The van der Waals surface area contributed by atoms with E-state index in [9.17, 15) is 9.59 Å². The maximum absolute atomic E-state index is 13.3. The number of hydrogen-bond acceptors (Lipinski definition) is 5. The lowest BCUT2D eigenvalue weighted by Gasteiger charge is -2.38. The van der Waals surface area contributed by atoms with Crippen LogP contribution in [0.15, 0.2) is 36.4 Å². The van der Waals surface area contributed by atoms with Crippen LogP contribution in [0.2, 0.25) is 10.0 Å². The summed E-state index contributed by atoms with van der Waals surface area (Å²) in [5.41, 5.74) is 1.68. The molecule has 0 aromatic heterocycles. The lowest BCUT2D eigenvalue weighted by molar-refractivity contribution is -0.137. The molecular weight excluding hydrogens is 477 g/mol. The topological polar surface area (TPSA) is 71.1 Å². The van der Waals surface area contributed by atoms with Crippen LogP contribution in [0.5, 0.6) is 11.5 Å². The summed E-state index contributed by atoms with van der Waals surface area (Å²) in [5.74, 6) is 0.990. The van der Waals surface area contributed by atoms with Gasteiger partial charge in [0, 0.05) is 32.2 Å². The molecule has 2 aromatic carbocycles. The highest BCUT2D eigenvalue weighted by atomic mass is 35.5. The molecule has 2 amide bonds. The maximum atomic E-state index is 13.3. The van der Waals surface area contributed by atoms with Gasteiger partial charge in [0.1, 0.15) is 17.5 Å². The van der Waals surface area contributed by atoms with Gasteiger partial charge in [-0.15, -0.1) is 0 Å².